The van der Waals surface area contributed by atoms with Crippen molar-refractivity contribution in [1.29, 1.82) is 0 Å². The molecule has 4 N–H and O–H groups in total. The Hall–Kier alpha value is -3.43. The maximum atomic E-state index is 11.4. The molecule has 38 heavy (non-hydrogen) atoms. The largest absolute Gasteiger partial charge is 0.504 e. The molecule has 0 unspecified atom stereocenters. The molecule has 1 saturated heterocycles. The quantitative estimate of drug-likeness (QED) is 0.375. The number of hydrogen-bond acceptors (Lipinski definition) is 8. The van der Waals surface area contributed by atoms with Crippen LogP contribution in [0.2, 0.25) is 0 Å². The number of piperidine rings is 1. The number of phenolic OH excluding ortho intramolecular Hbond substituents is 1. The number of phenols is 1. The van der Waals surface area contributed by atoms with E-state index in [0.29, 0.717) is 35.9 Å². The van der Waals surface area contributed by atoms with Crippen molar-refractivity contribution in [2.45, 2.75) is 72.6 Å². The first-order valence-corrected chi connectivity index (χ1v) is 12.9. The summed E-state index contributed by atoms with van der Waals surface area (Å²) in [4.78, 5) is 18.2. The summed E-state index contributed by atoms with van der Waals surface area (Å²) in [5.41, 5.74) is 7.32. The Morgan fingerprint density at radius 3 is 2.24 bits per heavy atom. The highest BCUT2D eigenvalue weighted by molar-refractivity contribution is 5.74. The van der Waals surface area contributed by atoms with Gasteiger partial charge in [0.15, 0.2) is 11.5 Å². The average molecular weight is 525 g/mol. The molecule has 0 atom stereocenters. The second-order valence-corrected chi connectivity index (χ2v) is 11.5. The van der Waals surface area contributed by atoms with Crippen molar-refractivity contribution in [3.8, 4) is 34.3 Å². The lowest BCUT2D eigenvalue weighted by molar-refractivity contribution is -0.150. The van der Waals surface area contributed by atoms with Crippen molar-refractivity contribution >= 4 is 5.97 Å². The molecule has 9 nitrogen and oxygen atoms in total. The highest BCUT2D eigenvalue weighted by Crippen LogP contribution is 2.33. The summed E-state index contributed by atoms with van der Waals surface area (Å²) in [6.45, 7) is 13.8. The molecule has 0 aliphatic carbocycles. The molecule has 2 heterocycles. The van der Waals surface area contributed by atoms with Gasteiger partial charge in [-0.2, -0.15) is 4.98 Å². The Morgan fingerprint density at radius 2 is 1.71 bits per heavy atom. The molecule has 206 valence electrons. The monoisotopic (exact) mass is 524 g/mol. The highest BCUT2D eigenvalue weighted by atomic mass is 16.5. The minimum Gasteiger partial charge on any atom is -0.504 e. The molecule has 0 radical (unpaired) electrons. The van der Waals surface area contributed by atoms with Crippen LogP contribution in [0.4, 0.5) is 0 Å². The first-order chi connectivity index (χ1) is 17.7. The molecule has 0 bridgehead atoms. The van der Waals surface area contributed by atoms with Crippen LogP contribution in [0, 0.1) is 5.41 Å². The van der Waals surface area contributed by atoms with Gasteiger partial charge in [0, 0.05) is 23.2 Å². The van der Waals surface area contributed by atoms with Crippen molar-refractivity contribution in [1.82, 2.24) is 15.0 Å². The second kappa shape index (κ2) is 12.0. The van der Waals surface area contributed by atoms with Gasteiger partial charge in [0.2, 0.25) is 5.82 Å². The van der Waals surface area contributed by atoms with Gasteiger partial charge in [-0.1, -0.05) is 29.4 Å². The summed E-state index contributed by atoms with van der Waals surface area (Å²) in [6.07, 6.45) is 1.28. The van der Waals surface area contributed by atoms with Gasteiger partial charge >= 0.3 is 5.97 Å². The first-order valence-electron chi connectivity index (χ1n) is 12.9. The Labute approximate surface area is 224 Å². The third-order valence-electron chi connectivity index (χ3n) is 6.09. The normalized spacial score (nSPS) is 15.6. The number of carboxylic acids is 1. The van der Waals surface area contributed by atoms with Crippen molar-refractivity contribution in [3.05, 3.63) is 48.0 Å². The van der Waals surface area contributed by atoms with Crippen LogP contribution in [0.15, 0.2) is 47.0 Å². The average Bonchev–Trinajstić information content (AvgIpc) is 3.31. The van der Waals surface area contributed by atoms with E-state index in [4.69, 9.17) is 15.0 Å². The zero-order chi connectivity index (χ0) is 28.1. The number of rotatable bonds is 7. The van der Waals surface area contributed by atoms with E-state index in [9.17, 15) is 15.0 Å². The molecule has 1 aromatic heterocycles. The summed E-state index contributed by atoms with van der Waals surface area (Å²) in [6, 6.07) is 13.0. The van der Waals surface area contributed by atoms with Crippen LogP contribution in [-0.2, 0) is 11.3 Å². The molecule has 0 amide bonds. The van der Waals surface area contributed by atoms with Crippen molar-refractivity contribution < 1.29 is 24.3 Å². The summed E-state index contributed by atoms with van der Waals surface area (Å²) < 4.78 is 11.0. The van der Waals surface area contributed by atoms with Gasteiger partial charge in [-0.3, -0.25) is 9.69 Å². The summed E-state index contributed by atoms with van der Waals surface area (Å²) in [5, 5.41) is 23.7. The van der Waals surface area contributed by atoms with Crippen molar-refractivity contribution in [2.24, 2.45) is 11.1 Å². The molecule has 3 aromatic rings. The number of ether oxygens (including phenoxy) is 1. The van der Waals surface area contributed by atoms with Crippen LogP contribution >= 0.6 is 0 Å². The van der Waals surface area contributed by atoms with Gasteiger partial charge < -0.3 is 25.2 Å². The third-order valence-corrected chi connectivity index (χ3v) is 6.09. The van der Waals surface area contributed by atoms with Crippen LogP contribution in [0.25, 0.3) is 22.8 Å². The standard InChI is InChI=1S/C25H29N3O5.C4H11N/c1-16(2)32-21-9-8-19(14-20(21)29)23-26-22(27-33-23)18-6-4-17(5-7-18)15-28-12-10-25(3,11-13-28)24(30)31;1-4(2,3)5/h4-9,14,16,29H,10-13,15H2,1-3H3,(H,30,31);5H2,1-3H3. The predicted octanol–water partition coefficient (Wildman–Crippen LogP) is 5.33. The first kappa shape index (κ1) is 29.1. The lowest BCUT2D eigenvalue weighted by Gasteiger charge is -2.36. The van der Waals surface area contributed by atoms with Gasteiger partial charge in [0.25, 0.3) is 5.89 Å². The zero-order valence-electron chi connectivity index (χ0n) is 23.2. The molecule has 0 saturated carbocycles. The fraction of sp³-hybridized carbons (Fsp3) is 0.483. The number of aromatic hydroxyl groups is 1. The fourth-order valence-corrected chi connectivity index (χ4v) is 3.90. The number of nitrogens with two attached hydrogens (primary N) is 1. The Kier molecular flexibility index (Phi) is 9.17. The van der Waals surface area contributed by atoms with E-state index in [0.717, 1.165) is 30.8 Å². The van der Waals surface area contributed by atoms with Crippen LogP contribution in [0.1, 0.15) is 59.9 Å². The third kappa shape index (κ3) is 8.29. The zero-order valence-corrected chi connectivity index (χ0v) is 23.2. The molecular formula is C29H40N4O5. The SMILES string of the molecule is CC(C)(C)N.CC(C)Oc1ccc(-c2nc(-c3ccc(CN4CCC(C)(C(=O)O)CC4)cc3)no2)cc1O. The number of aromatic nitrogens is 2. The van der Waals surface area contributed by atoms with Gasteiger partial charge in [-0.05, 0) is 91.2 Å². The lowest BCUT2D eigenvalue weighted by atomic mass is 9.80. The Bertz CT molecular complexity index is 1200. The Balaban J connectivity index is 0.000000732. The smallest absolute Gasteiger partial charge is 0.309 e. The molecular weight excluding hydrogens is 484 g/mol. The van der Waals surface area contributed by atoms with Crippen molar-refractivity contribution in [2.75, 3.05) is 13.1 Å². The Morgan fingerprint density at radius 1 is 1.13 bits per heavy atom. The minimum atomic E-state index is -0.707. The van der Waals surface area contributed by atoms with E-state index in [-0.39, 0.29) is 17.4 Å². The number of carbonyl (C=O) groups is 1. The number of carboxylic acid groups (broad SMARTS) is 1. The lowest BCUT2D eigenvalue weighted by Crippen LogP contribution is -2.42. The maximum absolute atomic E-state index is 11.4. The van der Waals surface area contributed by atoms with Crippen molar-refractivity contribution in [3.63, 3.8) is 0 Å². The van der Waals surface area contributed by atoms with Gasteiger partial charge in [-0.15, -0.1) is 0 Å². The number of benzene rings is 2. The van der Waals surface area contributed by atoms with E-state index in [1.165, 1.54) is 0 Å². The van der Waals surface area contributed by atoms with Gasteiger partial charge in [-0.25, -0.2) is 0 Å². The van der Waals surface area contributed by atoms with Crippen LogP contribution in [-0.4, -0.2) is 56.0 Å². The maximum Gasteiger partial charge on any atom is 0.309 e. The summed E-state index contributed by atoms with van der Waals surface area (Å²) in [5.74, 6) is 0.502. The minimum absolute atomic E-state index is 0. The number of hydrogen-bond donors (Lipinski definition) is 3. The van der Waals surface area contributed by atoms with E-state index >= 15 is 0 Å². The van der Waals surface area contributed by atoms with Gasteiger partial charge in [0.1, 0.15) is 0 Å². The van der Waals surface area contributed by atoms with E-state index in [1.807, 2.05) is 65.8 Å². The predicted molar refractivity (Wildman–Crippen MR) is 147 cm³/mol. The molecule has 1 fully saturated rings. The molecule has 1 aliphatic heterocycles. The van der Waals surface area contributed by atoms with Crippen LogP contribution in [0.5, 0.6) is 11.5 Å². The fourth-order valence-electron chi connectivity index (χ4n) is 3.90. The van der Waals surface area contributed by atoms with Crippen LogP contribution in [0.3, 0.4) is 0 Å². The molecule has 2 aromatic carbocycles. The second-order valence-electron chi connectivity index (χ2n) is 11.5. The summed E-state index contributed by atoms with van der Waals surface area (Å²) >= 11 is 0. The highest BCUT2D eigenvalue weighted by Gasteiger charge is 2.36. The molecule has 4 rings (SSSR count). The van der Waals surface area contributed by atoms with Gasteiger partial charge in [0.05, 0.1) is 11.5 Å². The topological polar surface area (TPSA) is 135 Å². The van der Waals surface area contributed by atoms with E-state index < -0.39 is 11.4 Å². The number of nitrogens with zero attached hydrogens (tertiary/aromatic N) is 3. The molecule has 1 aliphatic rings. The number of likely N-dealkylation sites (tertiary alicyclic amines) is 1. The molecule has 0 spiro atoms. The van der Waals surface area contributed by atoms with E-state index in [1.54, 1.807) is 18.2 Å². The number of aliphatic carboxylic acids is 1. The summed E-state index contributed by atoms with van der Waals surface area (Å²) in [7, 11) is 0. The van der Waals surface area contributed by atoms with Crippen LogP contribution < -0.4 is 10.5 Å². The van der Waals surface area contributed by atoms with E-state index in [2.05, 4.69) is 15.0 Å². The molecule has 9 heteroatoms.